The van der Waals surface area contributed by atoms with Gasteiger partial charge in [0.1, 0.15) is 24.0 Å². The highest BCUT2D eigenvalue weighted by Crippen LogP contribution is 2.39. The topological polar surface area (TPSA) is 89.8 Å². The van der Waals surface area contributed by atoms with Crippen LogP contribution < -0.4 is 10.1 Å². The lowest BCUT2D eigenvalue weighted by Crippen LogP contribution is -2.41. The van der Waals surface area contributed by atoms with E-state index >= 15 is 0 Å². The van der Waals surface area contributed by atoms with Crippen LogP contribution in [-0.4, -0.2) is 36.6 Å². The molecule has 3 rings (SSSR count). The Morgan fingerprint density at radius 1 is 1.08 bits per heavy atom. The number of nitrogens with zero attached hydrogens (tertiary/aromatic N) is 1. The standard InChI is InChI=1S/C28H35BN2O5/c1-26(2,3)34-25(32)31-18-23(29-35-27(4,5)28(6,7)36-29)15-21-13-14-22(17-30)24(16-21)33-19-20-11-9-8-10-12-20/h8-16H,18-19H2,1-7H3,(H,31,32). The fourth-order valence-corrected chi connectivity index (χ4v) is 3.48. The van der Waals surface area contributed by atoms with Gasteiger partial charge in [-0.1, -0.05) is 42.5 Å². The number of nitriles is 1. The summed E-state index contributed by atoms with van der Waals surface area (Å²) in [6.07, 6.45) is 1.35. The van der Waals surface area contributed by atoms with Crippen molar-refractivity contribution in [2.24, 2.45) is 0 Å². The Labute approximate surface area is 214 Å². The smallest absolute Gasteiger partial charge is 0.488 e. The molecule has 8 heteroatoms. The minimum Gasteiger partial charge on any atom is -0.488 e. The van der Waals surface area contributed by atoms with Gasteiger partial charge in [-0.2, -0.15) is 5.26 Å². The van der Waals surface area contributed by atoms with Crippen molar-refractivity contribution in [2.75, 3.05) is 6.54 Å². The molecule has 1 aliphatic rings. The van der Waals surface area contributed by atoms with Gasteiger partial charge in [-0.15, -0.1) is 0 Å². The van der Waals surface area contributed by atoms with E-state index in [9.17, 15) is 10.1 Å². The maximum absolute atomic E-state index is 12.3. The zero-order chi connectivity index (χ0) is 26.6. The molecule has 2 aromatic carbocycles. The molecule has 0 bridgehead atoms. The number of hydrogen-bond donors (Lipinski definition) is 1. The number of amides is 1. The van der Waals surface area contributed by atoms with Gasteiger partial charge >= 0.3 is 13.2 Å². The average Bonchev–Trinajstić information content (AvgIpc) is 3.01. The van der Waals surface area contributed by atoms with Gasteiger partial charge in [0.05, 0.1) is 16.8 Å². The molecule has 7 nitrogen and oxygen atoms in total. The summed E-state index contributed by atoms with van der Waals surface area (Å²) in [4.78, 5) is 12.3. The molecule has 0 unspecified atom stereocenters. The number of hydrogen-bond acceptors (Lipinski definition) is 6. The fraction of sp³-hybridized carbons (Fsp3) is 0.429. The van der Waals surface area contributed by atoms with Gasteiger partial charge in [0, 0.05) is 6.54 Å². The zero-order valence-corrected chi connectivity index (χ0v) is 22.2. The molecule has 0 aliphatic carbocycles. The molecule has 0 aromatic heterocycles. The first-order chi connectivity index (χ1) is 16.8. The molecule has 1 amide bonds. The molecular weight excluding hydrogens is 455 g/mol. The summed E-state index contributed by atoms with van der Waals surface area (Å²) in [6, 6.07) is 17.3. The van der Waals surface area contributed by atoms with Crippen molar-refractivity contribution >= 4 is 19.3 Å². The number of carbonyl (C=O) groups is 1. The Balaban J connectivity index is 1.88. The normalized spacial score (nSPS) is 16.8. The highest BCUT2D eigenvalue weighted by atomic mass is 16.7. The van der Waals surface area contributed by atoms with Gasteiger partial charge < -0.3 is 24.1 Å². The number of benzene rings is 2. The average molecular weight is 490 g/mol. The van der Waals surface area contributed by atoms with Crippen molar-refractivity contribution < 1.29 is 23.6 Å². The number of alkyl carbamates (subject to hydrolysis) is 1. The minimum absolute atomic E-state index is 0.159. The maximum atomic E-state index is 12.3. The fourth-order valence-electron chi connectivity index (χ4n) is 3.48. The Hall–Kier alpha value is -3.28. The second kappa shape index (κ2) is 10.8. The van der Waals surface area contributed by atoms with E-state index in [0.29, 0.717) is 23.4 Å². The van der Waals surface area contributed by atoms with Crippen LogP contribution in [0.2, 0.25) is 0 Å². The lowest BCUT2D eigenvalue weighted by molar-refractivity contribution is 0.00578. The van der Waals surface area contributed by atoms with E-state index in [-0.39, 0.29) is 6.54 Å². The van der Waals surface area contributed by atoms with Crippen molar-refractivity contribution in [3.05, 3.63) is 70.7 Å². The van der Waals surface area contributed by atoms with E-state index in [1.807, 2.05) is 90.9 Å². The van der Waals surface area contributed by atoms with Crippen LogP contribution in [0.5, 0.6) is 5.75 Å². The van der Waals surface area contributed by atoms with Crippen LogP contribution in [0.1, 0.15) is 65.2 Å². The van der Waals surface area contributed by atoms with E-state index in [2.05, 4.69) is 11.4 Å². The quantitative estimate of drug-likeness (QED) is 0.503. The minimum atomic E-state index is -0.672. The number of rotatable bonds is 7. The van der Waals surface area contributed by atoms with Crippen LogP contribution in [0.4, 0.5) is 4.79 Å². The molecule has 0 atom stereocenters. The second-order valence-corrected chi connectivity index (χ2v) is 10.8. The molecule has 0 radical (unpaired) electrons. The van der Waals surface area contributed by atoms with Gasteiger partial charge in [0.15, 0.2) is 0 Å². The summed E-state index contributed by atoms with van der Waals surface area (Å²) in [5.41, 5.74) is 1.23. The van der Waals surface area contributed by atoms with E-state index in [4.69, 9.17) is 18.8 Å². The third-order valence-corrected chi connectivity index (χ3v) is 6.11. The van der Waals surface area contributed by atoms with Gasteiger partial charge in [0.2, 0.25) is 0 Å². The summed E-state index contributed by atoms with van der Waals surface area (Å²) in [5, 5.41) is 12.4. The first-order valence-electron chi connectivity index (χ1n) is 12.0. The van der Waals surface area contributed by atoms with Gasteiger partial charge in [-0.3, -0.25) is 0 Å². The molecule has 1 N–H and O–H groups in total. The Kier molecular flexibility index (Phi) is 8.17. The number of nitrogens with one attached hydrogen (secondary N) is 1. The summed E-state index contributed by atoms with van der Waals surface area (Å²) in [7, 11) is -0.672. The predicted molar refractivity (Wildman–Crippen MR) is 140 cm³/mol. The Morgan fingerprint density at radius 3 is 2.31 bits per heavy atom. The number of carbonyl (C=O) groups excluding carboxylic acids is 1. The summed E-state index contributed by atoms with van der Waals surface area (Å²) >= 11 is 0. The molecule has 2 aromatic rings. The third kappa shape index (κ3) is 7.13. The summed E-state index contributed by atoms with van der Waals surface area (Å²) in [6.45, 7) is 13.8. The highest BCUT2D eigenvalue weighted by Gasteiger charge is 2.52. The van der Waals surface area contributed by atoms with Crippen molar-refractivity contribution in [3.63, 3.8) is 0 Å². The van der Waals surface area contributed by atoms with Crippen LogP contribution >= 0.6 is 0 Å². The Bertz CT molecular complexity index is 1130. The van der Waals surface area contributed by atoms with Gasteiger partial charge in [-0.25, -0.2) is 4.79 Å². The highest BCUT2D eigenvalue weighted by molar-refractivity contribution is 6.56. The molecule has 36 heavy (non-hydrogen) atoms. The lowest BCUT2D eigenvalue weighted by Gasteiger charge is -2.32. The maximum Gasteiger partial charge on any atom is 0.492 e. The SMILES string of the molecule is CC(C)(C)OC(=O)NCC(=Cc1ccc(C#N)c(OCc2ccccc2)c1)B1OC(C)(C)C(C)(C)O1. The molecular formula is C28H35BN2O5. The van der Waals surface area contributed by atoms with Crippen LogP contribution in [0.15, 0.2) is 54.0 Å². The molecule has 1 heterocycles. The molecule has 1 aliphatic heterocycles. The zero-order valence-electron chi connectivity index (χ0n) is 22.2. The molecule has 1 fully saturated rings. The first kappa shape index (κ1) is 27.3. The van der Waals surface area contributed by atoms with Crippen molar-refractivity contribution in [1.29, 1.82) is 5.26 Å². The van der Waals surface area contributed by atoms with E-state index in [0.717, 1.165) is 11.1 Å². The molecule has 190 valence electrons. The third-order valence-electron chi connectivity index (χ3n) is 6.11. The van der Waals surface area contributed by atoms with Crippen molar-refractivity contribution in [2.45, 2.75) is 71.9 Å². The molecule has 0 spiro atoms. The monoisotopic (exact) mass is 490 g/mol. The van der Waals surface area contributed by atoms with Crippen LogP contribution in [0.25, 0.3) is 6.08 Å². The van der Waals surface area contributed by atoms with E-state index in [1.165, 1.54) is 0 Å². The van der Waals surface area contributed by atoms with Gasteiger partial charge in [0.25, 0.3) is 0 Å². The van der Waals surface area contributed by atoms with E-state index in [1.54, 1.807) is 12.1 Å². The molecule has 0 saturated carbocycles. The van der Waals surface area contributed by atoms with E-state index < -0.39 is 30.0 Å². The first-order valence-corrected chi connectivity index (χ1v) is 12.0. The van der Waals surface area contributed by atoms with Crippen LogP contribution in [0.3, 0.4) is 0 Å². The number of ether oxygens (including phenoxy) is 2. The van der Waals surface area contributed by atoms with Crippen LogP contribution in [0, 0.1) is 11.3 Å². The lowest BCUT2D eigenvalue weighted by atomic mass is 9.77. The van der Waals surface area contributed by atoms with Crippen molar-refractivity contribution in [1.82, 2.24) is 5.32 Å². The predicted octanol–water partition coefficient (Wildman–Crippen LogP) is 5.68. The Morgan fingerprint density at radius 2 is 1.72 bits per heavy atom. The second-order valence-electron chi connectivity index (χ2n) is 10.8. The summed E-state index contributed by atoms with van der Waals surface area (Å²) in [5.74, 6) is 0.475. The van der Waals surface area contributed by atoms with Crippen molar-refractivity contribution in [3.8, 4) is 11.8 Å². The summed E-state index contributed by atoms with van der Waals surface area (Å²) < 4.78 is 23.9. The van der Waals surface area contributed by atoms with Crippen LogP contribution in [-0.2, 0) is 20.7 Å². The van der Waals surface area contributed by atoms with Gasteiger partial charge in [-0.05, 0) is 77.2 Å². The molecule has 1 saturated heterocycles. The largest absolute Gasteiger partial charge is 0.492 e.